The standard InChI is InChI=1S/C28H32N2O4S/c1-18-6-11-24(19(2)14-18)29-28(35)30-13-12-20-15-26(32-4)27(33-5)16-23(20)25(30)17-34-22-9-7-21(31-3)8-10-22/h6-11,14-16,25H,12-13,17H2,1-5H3,(H,29,35)/t25-/m0/s1. The molecule has 3 aromatic carbocycles. The van der Waals surface area contributed by atoms with Gasteiger partial charge in [-0.15, -0.1) is 0 Å². The second-order valence-electron chi connectivity index (χ2n) is 8.60. The van der Waals surface area contributed by atoms with Gasteiger partial charge in [-0.05, 0) is 91.6 Å². The van der Waals surface area contributed by atoms with Crippen molar-refractivity contribution in [3.05, 3.63) is 76.9 Å². The molecule has 0 bridgehead atoms. The molecule has 0 spiro atoms. The summed E-state index contributed by atoms with van der Waals surface area (Å²) in [4.78, 5) is 2.20. The summed E-state index contributed by atoms with van der Waals surface area (Å²) < 4.78 is 22.7. The van der Waals surface area contributed by atoms with Crippen LogP contribution in [-0.2, 0) is 6.42 Å². The van der Waals surface area contributed by atoms with Gasteiger partial charge in [0.25, 0.3) is 0 Å². The molecular weight excluding hydrogens is 460 g/mol. The van der Waals surface area contributed by atoms with Gasteiger partial charge in [0, 0.05) is 12.2 Å². The van der Waals surface area contributed by atoms with E-state index in [0.717, 1.165) is 47.0 Å². The van der Waals surface area contributed by atoms with E-state index in [2.05, 4.69) is 48.3 Å². The second kappa shape index (κ2) is 10.9. The van der Waals surface area contributed by atoms with E-state index in [4.69, 9.17) is 31.2 Å². The smallest absolute Gasteiger partial charge is 0.174 e. The SMILES string of the molecule is COc1ccc(OC[C@H]2c3cc(OC)c(OC)cc3CCN2C(=S)Nc2ccc(C)cc2C)cc1. The molecule has 0 radical (unpaired) electrons. The van der Waals surface area contributed by atoms with Gasteiger partial charge in [-0.3, -0.25) is 0 Å². The van der Waals surface area contributed by atoms with E-state index in [-0.39, 0.29) is 6.04 Å². The molecule has 1 N–H and O–H groups in total. The van der Waals surface area contributed by atoms with E-state index >= 15 is 0 Å². The van der Waals surface area contributed by atoms with Crippen molar-refractivity contribution in [2.45, 2.75) is 26.3 Å². The van der Waals surface area contributed by atoms with E-state index < -0.39 is 0 Å². The summed E-state index contributed by atoms with van der Waals surface area (Å²) in [6.07, 6.45) is 0.837. The van der Waals surface area contributed by atoms with E-state index in [1.807, 2.05) is 30.3 Å². The number of nitrogens with one attached hydrogen (secondary N) is 1. The summed E-state index contributed by atoms with van der Waals surface area (Å²) in [5.41, 5.74) is 5.71. The Morgan fingerprint density at radius 2 is 1.60 bits per heavy atom. The Balaban J connectivity index is 1.64. The molecule has 0 amide bonds. The molecule has 7 heteroatoms. The molecule has 1 aliphatic rings. The van der Waals surface area contributed by atoms with Gasteiger partial charge in [-0.25, -0.2) is 0 Å². The number of hydrogen-bond donors (Lipinski definition) is 1. The fraction of sp³-hybridized carbons (Fsp3) is 0.321. The van der Waals surface area contributed by atoms with E-state index in [0.29, 0.717) is 17.5 Å². The molecule has 0 saturated carbocycles. The summed E-state index contributed by atoms with van der Waals surface area (Å²) in [7, 11) is 4.96. The largest absolute Gasteiger partial charge is 0.497 e. The molecular formula is C28H32N2O4S. The Bertz CT molecular complexity index is 1200. The summed E-state index contributed by atoms with van der Waals surface area (Å²) >= 11 is 5.91. The minimum absolute atomic E-state index is 0.105. The maximum absolute atomic E-state index is 6.25. The Kier molecular flexibility index (Phi) is 7.66. The third-order valence-electron chi connectivity index (χ3n) is 6.35. The lowest BCUT2D eigenvalue weighted by molar-refractivity contribution is 0.190. The van der Waals surface area contributed by atoms with Crippen molar-refractivity contribution in [1.29, 1.82) is 0 Å². The number of hydrogen-bond acceptors (Lipinski definition) is 5. The Morgan fingerprint density at radius 3 is 2.26 bits per heavy atom. The van der Waals surface area contributed by atoms with Crippen LogP contribution in [0.4, 0.5) is 5.69 Å². The molecule has 0 aromatic heterocycles. The zero-order valence-corrected chi connectivity index (χ0v) is 21.7. The van der Waals surface area contributed by atoms with Crippen LogP contribution in [0.3, 0.4) is 0 Å². The lowest BCUT2D eigenvalue weighted by Crippen LogP contribution is -2.44. The maximum Gasteiger partial charge on any atom is 0.174 e. The van der Waals surface area contributed by atoms with Gasteiger partial charge in [-0.2, -0.15) is 0 Å². The molecule has 0 unspecified atom stereocenters. The van der Waals surface area contributed by atoms with Crippen molar-refractivity contribution >= 4 is 23.0 Å². The summed E-state index contributed by atoms with van der Waals surface area (Å²) in [5, 5.41) is 4.13. The highest BCUT2D eigenvalue weighted by atomic mass is 32.1. The third kappa shape index (κ3) is 5.46. The van der Waals surface area contributed by atoms with Gasteiger partial charge in [-0.1, -0.05) is 17.7 Å². The van der Waals surface area contributed by atoms with Crippen LogP contribution in [0.2, 0.25) is 0 Å². The van der Waals surface area contributed by atoms with Crippen LogP contribution in [0, 0.1) is 13.8 Å². The topological polar surface area (TPSA) is 52.2 Å². The van der Waals surface area contributed by atoms with Gasteiger partial charge in [0.15, 0.2) is 16.6 Å². The average molecular weight is 493 g/mol. The molecule has 3 aromatic rings. The number of methoxy groups -OCH3 is 3. The first-order valence-electron chi connectivity index (χ1n) is 11.6. The van der Waals surface area contributed by atoms with Crippen LogP contribution in [0.15, 0.2) is 54.6 Å². The molecule has 1 heterocycles. The number of anilines is 1. The fourth-order valence-corrected chi connectivity index (χ4v) is 4.77. The Labute approximate surface area is 212 Å². The monoisotopic (exact) mass is 492 g/mol. The number of ether oxygens (including phenoxy) is 4. The van der Waals surface area contributed by atoms with E-state index in [9.17, 15) is 0 Å². The predicted molar refractivity (Wildman–Crippen MR) is 143 cm³/mol. The Morgan fingerprint density at radius 1 is 0.914 bits per heavy atom. The minimum atomic E-state index is -0.105. The molecule has 0 fully saturated rings. The van der Waals surface area contributed by atoms with Crippen LogP contribution >= 0.6 is 12.2 Å². The number of nitrogens with zero attached hydrogens (tertiary/aromatic N) is 1. The first kappa shape index (κ1) is 24.7. The third-order valence-corrected chi connectivity index (χ3v) is 6.69. The van der Waals surface area contributed by atoms with Crippen LogP contribution in [0.5, 0.6) is 23.0 Å². The van der Waals surface area contributed by atoms with Gasteiger partial charge in [0.1, 0.15) is 18.1 Å². The van der Waals surface area contributed by atoms with Gasteiger partial charge in [0.2, 0.25) is 0 Å². The van der Waals surface area contributed by atoms with Crippen LogP contribution in [-0.4, -0.2) is 44.5 Å². The zero-order chi connectivity index (χ0) is 24.9. The van der Waals surface area contributed by atoms with Crippen molar-refractivity contribution in [2.24, 2.45) is 0 Å². The number of benzene rings is 3. The normalized spacial score (nSPS) is 14.7. The summed E-state index contributed by atoms with van der Waals surface area (Å²) in [5.74, 6) is 2.98. The van der Waals surface area contributed by atoms with Crippen molar-refractivity contribution in [2.75, 3.05) is 39.8 Å². The minimum Gasteiger partial charge on any atom is -0.497 e. The predicted octanol–water partition coefficient (Wildman–Crippen LogP) is 5.70. The molecule has 1 atom stereocenters. The van der Waals surface area contributed by atoms with Crippen LogP contribution in [0.25, 0.3) is 0 Å². The van der Waals surface area contributed by atoms with Gasteiger partial charge >= 0.3 is 0 Å². The molecule has 0 saturated heterocycles. The summed E-state index contributed by atoms with van der Waals surface area (Å²) in [6.45, 7) is 5.36. The van der Waals surface area contributed by atoms with Crippen molar-refractivity contribution in [1.82, 2.24) is 4.90 Å². The lowest BCUT2D eigenvalue weighted by Gasteiger charge is -2.39. The lowest BCUT2D eigenvalue weighted by atomic mass is 9.92. The van der Waals surface area contributed by atoms with Gasteiger partial charge in [0.05, 0.1) is 27.4 Å². The highest BCUT2D eigenvalue weighted by Gasteiger charge is 2.31. The van der Waals surface area contributed by atoms with Crippen molar-refractivity contribution < 1.29 is 18.9 Å². The molecule has 0 aliphatic carbocycles. The molecule has 184 valence electrons. The molecule has 4 rings (SSSR count). The molecule has 1 aliphatic heterocycles. The number of fused-ring (bicyclic) bond motifs is 1. The van der Waals surface area contributed by atoms with Crippen molar-refractivity contribution in [3.63, 3.8) is 0 Å². The van der Waals surface area contributed by atoms with E-state index in [1.54, 1.807) is 21.3 Å². The average Bonchev–Trinajstić information content (AvgIpc) is 2.88. The van der Waals surface area contributed by atoms with E-state index in [1.165, 1.54) is 11.1 Å². The number of rotatable bonds is 7. The zero-order valence-electron chi connectivity index (χ0n) is 20.9. The van der Waals surface area contributed by atoms with Gasteiger partial charge < -0.3 is 29.2 Å². The number of thiocarbonyl (C=S) groups is 1. The highest BCUT2D eigenvalue weighted by molar-refractivity contribution is 7.80. The first-order chi connectivity index (χ1) is 16.9. The first-order valence-corrected chi connectivity index (χ1v) is 12.0. The second-order valence-corrected chi connectivity index (χ2v) is 8.99. The summed E-state index contributed by atoms with van der Waals surface area (Å²) in [6, 6.07) is 17.9. The maximum atomic E-state index is 6.25. The molecule has 35 heavy (non-hydrogen) atoms. The fourth-order valence-electron chi connectivity index (χ4n) is 4.44. The van der Waals surface area contributed by atoms with Crippen molar-refractivity contribution in [3.8, 4) is 23.0 Å². The highest BCUT2D eigenvalue weighted by Crippen LogP contribution is 2.39. The number of aryl methyl sites for hydroxylation is 2. The Hall–Kier alpha value is -3.45. The quantitative estimate of drug-likeness (QED) is 0.424. The molecule has 6 nitrogen and oxygen atoms in total. The van der Waals surface area contributed by atoms with Crippen LogP contribution in [0.1, 0.15) is 28.3 Å². The van der Waals surface area contributed by atoms with Crippen LogP contribution < -0.4 is 24.3 Å².